The summed E-state index contributed by atoms with van der Waals surface area (Å²) in [7, 11) is 4.21. The van der Waals surface area contributed by atoms with Crippen molar-refractivity contribution in [2.24, 2.45) is 5.73 Å². The number of rotatable bonds is 3. The maximum atomic E-state index is 11.5. The van der Waals surface area contributed by atoms with Crippen molar-refractivity contribution in [3.8, 4) is 0 Å². The molecule has 1 aromatic rings. The van der Waals surface area contributed by atoms with Crippen LogP contribution < -0.4 is 16.4 Å². The molecule has 0 radical (unpaired) electrons. The Balaban J connectivity index is 2.22. The van der Waals surface area contributed by atoms with Gasteiger partial charge in [-0.3, -0.25) is 4.79 Å². The first-order chi connectivity index (χ1) is 9.00. The lowest BCUT2D eigenvalue weighted by Gasteiger charge is -2.37. The van der Waals surface area contributed by atoms with Gasteiger partial charge in [-0.2, -0.15) is 0 Å². The lowest BCUT2D eigenvalue weighted by Crippen LogP contribution is -2.42. The van der Waals surface area contributed by atoms with Crippen molar-refractivity contribution in [1.82, 2.24) is 4.90 Å². The molecule has 0 bridgehead atoms. The summed E-state index contributed by atoms with van der Waals surface area (Å²) in [6.45, 7) is 1.80. The number of carbonyl (C=O) groups excluding carboxylic acids is 1. The van der Waals surface area contributed by atoms with Crippen LogP contribution in [0, 0.1) is 0 Å². The first-order valence-electron chi connectivity index (χ1n) is 6.60. The van der Waals surface area contributed by atoms with Crippen molar-refractivity contribution >= 4 is 17.3 Å². The van der Waals surface area contributed by atoms with Gasteiger partial charge < -0.3 is 21.3 Å². The largest absolute Gasteiger partial charge is 0.397 e. The molecule has 0 saturated carbocycles. The number of benzene rings is 1. The third-order valence-corrected chi connectivity index (χ3v) is 3.84. The number of anilines is 2. The van der Waals surface area contributed by atoms with Crippen LogP contribution in [0.5, 0.6) is 0 Å². The number of carbonyl (C=O) groups is 1. The zero-order valence-corrected chi connectivity index (χ0v) is 11.6. The Morgan fingerprint density at radius 3 is 2.47 bits per heavy atom. The van der Waals surface area contributed by atoms with Gasteiger partial charge in [0.1, 0.15) is 0 Å². The minimum Gasteiger partial charge on any atom is -0.397 e. The number of nitrogen functional groups attached to an aromatic ring is 1. The van der Waals surface area contributed by atoms with Gasteiger partial charge in [-0.25, -0.2) is 0 Å². The summed E-state index contributed by atoms with van der Waals surface area (Å²) in [6, 6.07) is 5.93. The second kappa shape index (κ2) is 5.48. The molecule has 1 aliphatic rings. The number of piperidine rings is 1. The summed E-state index contributed by atoms with van der Waals surface area (Å²) in [5, 5.41) is 0. The summed E-state index contributed by atoms with van der Waals surface area (Å²) < 4.78 is 0. The average Bonchev–Trinajstić information content (AvgIpc) is 2.38. The van der Waals surface area contributed by atoms with Crippen LogP contribution >= 0.6 is 0 Å². The number of nitrogens with two attached hydrogens (primary N) is 2. The number of hydrogen-bond acceptors (Lipinski definition) is 4. The zero-order valence-electron chi connectivity index (χ0n) is 11.6. The molecule has 0 spiro atoms. The normalized spacial score (nSPS) is 16.9. The first-order valence-corrected chi connectivity index (χ1v) is 6.60. The fraction of sp³-hybridized carbons (Fsp3) is 0.500. The Kier molecular flexibility index (Phi) is 3.95. The molecule has 0 atom stereocenters. The highest BCUT2D eigenvalue weighted by Crippen LogP contribution is 2.30. The van der Waals surface area contributed by atoms with E-state index in [9.17, 15) is 4.79 Å². The van der Waals surface area contributed by atoms with E-state index < -0.39 is 5.91 Å². The van der Waals surface area contributed by atoms with Gasteiger partial charge in [0, 0.05) is 19.1 Å². The summed E-state index contributed by atoms with van der Waals surface area (Å²) in [5.41, 5.74) is 13.4. The maximum absolute atomic E-state index is 11.5. The van der Waals surface area contributed by atoms with Gasteiger partial charge >= 0.3 is 0 Å². The van der Waals surface area contributed by atoms with Gasteiger partial charge in [0.05, 0.1) is 16.9 Å². The molecule has 1 aliphatic heterocycles. The van der Waals surface area contributed by atoms with Crippen molar-refractivity contribution in [1.29, 1.82) is 0 Å². The smallest absolute Gasteiger partial charge is 0.250 e. The average molecular weight is 262 g/mol. The summed E-state index contributed by atoms with van der Waals surface area (Å²) in [6.07, 6.45) is 2.14. The van der Waals surface area contributed by atoms with E-state index in [1.54, 1.807) is 12.1 Å². The molecule has 1 fully saturated rings. The molecular formula is C14H22N4O. The number of para-hydroxylation sites is 1. The van der Waals surface area contributed by atoms with E-state index in [4.69, 9.17) is 11.5 Å². The maximum Gasteiger partial charge on any atom is 0.250 e. The molecular weight excluding hydrogens is 240 g/mol. The predicted octanol–water partition coefficient (Wildman–Crippen LogP) is 0.898. The fourth-order valence-electron chi connectivity index (χ4n) is 2.72. The Morgan fingerprint density at radius 2 is 1.95 bits per heavy atom. The number of hydrogen-bond donors (Lipinski definition) is 2. The van der Waals surface area contributed by atoms with Crippen molar-refractivity contribution < 1.29 is 4.79 Å². The van der Waals surface area contributed by atoms with Gasteiger partial charge in [0.2, 0.25) is 0 Å². The highest BCUT2D eigenvalue weighted by Gasteiger charge is 2.24. The Bertz CT molecular complexity index is 465. The predicted molar refractivity (Wildman–Crippen MR) is 78.3 cm³/mol. The third kappa shape index (κ3) is 2.81. The van der Waals surface area contributed by atoms with E-state index in [2.05, 4.69) is 23.9 Å². The van der Waals surface area contributed by atoms with E-state index in [0.29, 0.717) is 17.3 Å². The number of amides is 1. The molecule has 5 heteroatoms. The Hall–Kier alpha value is -1.75. The topological polar surface area (TPSA) is 75.6 Å². The summed E-state index contributed by atoms with van der Waals surface area (Å²) in [5.74, 6) is -0.419. The number of nitrogens with zero attached hydrogens (tertiary/aromatic N) is 2. The van der Waals surface area contributed by atoms with Crippen molar-refractivity contribution in [2.45, 2.75) is 18.9 Å². The van der Waals surface area contributed by atoms with Crippen LogP contribution in [-0.2, 0) is 0 Å². The van der Waals surface area contributed by atoms with Gasteiger partial charge in [0.25, 0.3) is 5.91 Å². The van der Waals surface area contributed by atoms with Gasteiger partial charge in [0.15, 0.2) is 0 Å². The molecule has 1 aromatic carbocycles. The van der Waals surface area contributed by atoms with E-state index in [-0.39, 0.29) is 0 Å². The van der Waals surface area contributed by atoms with Gasteiger partial charge in [-0.05, 0) is 39.1 Å². The van der Waals surface area contributed by atoms with Crippen LogP contribution in [0.2, 0.25) is 0 Å². The molecule has 1 saturated heterocycles. The van der Waals surface area contributed by atoms with Gasteiger partial charge in [-0.15, -0.1) is 0 Å². The molecule has 5 nitrogen and oxygen atoms in total. The summed E-state index contributed by atoms with van der Waals surface area (Å²) in [4.78, 5) is 15.9. The first kappa shape index (κ1) is 13.7. The van der Waals surface area contributed by atoms with Crippen molar-refractivity contribution in [3.05, 3.63) is 23.8 Å². The van der Waals surface area contributed by atoms with Crippen molar-refractivity contribution in [2.75, 3.05) is 37.8 Å². The van der Waals surface area contributed by atoms with Crippen LogP contribution in [-0.4, -0.2) is 44.0 Å². The second-order valence-electron chi connectivity index (χ2n) is 5.29. The van der Waals surface area contributed by atoms with Crippen LogP contribution in [0.15, 0.2) is 18.2 Å². The van der Waals surface area contributed by atoms with Crippen LogP contribution in [0.3, 0.4) is 0 Å². The highest BCUT2D eigenvalue weighted by molar-refractivity contribution is 6.01. The molecule has 0 aliphatic carbocycles. The summed E-state index contributed by atoms with van der Waals surface area (Å²) >= 11 is 0. The Morgan fingerprint density at radius 1 is 1.32 bits per heavy atom. The monoisotopic (exact) mass is 262 g/mol. The van der Waals surface area contributed by atoms with Gasteiger partial charge in [-0.1, -0.05) is 6.07 Å². The third-order valence-electron chi connectivity index (χ3n) is 3.84. The van der Waals surface area contributed by atoms with Crippen molar-refractivity contribution in [3.63, 3.8) is 0 Å². The van der Waals surface area contributed by atoms with E-state index in [0.717, 1.165) is 31.6 Å². The zero-order chi connectivity index (χ0) is 14.0. The lowest BCUT2D eigenvalue weighted by molar-refractivity contribution is 0.100. The fourth-order valence-corrected chi connectivity index (χ4v) is 2.72. The molecule has 0 unspecified atom stereocenters. The van der Waals surface area contributed by atoms with Crippen LogP contribution in [0.1, 0.15) is 23.2 Å². The molecule has 0 aromatic heterocycles. The SMILES string of the molecule is CN(C)C1CCN(c2c(N)cccc2C(N)=O)CC1. The van der Waals surface area contributed by atoms with E-state index in [1.165, 1.54) is 0 Å². The molecule has 104 valence electrons. The Labute approximate surface area is 114 Å². The molecule has 2 rings (SSSR count). The van der Waals surface area contributed by atoms with Crippen LogP contribution in [0.25, 0.3) is 0 Å². The minimum atomic E-state index is -0.419. The quantitative estimate of drug-likeness (QED) is 0.794. The van der Waals surface area contributed by atoms with Crippen LogP contribution in [0.4, 0.5) is 11.4 Å². The van der Waals surface area contributed by atoms with E-state index in [1.807, 2.05) is 6.07 Å². The molecule has 19 heavy (non-hydrogen) atoms. The standard InChI is InChI=1S/C14H22N4O/c1-17(2)10-6-8-18(9-7-10)13-11(14(16)19)4-3-5-12(13)15/h3-5,10H,6-9,15H2,1-2H3,(H2,16,19). The lowest BCUT2D eigenvalue weighted by atomic mass is 10.0. The molecule has 4 N–H and O–H groups in total. The minimum absolute atomic E-state index is 0.419. The second-order valence-corrected chi connectivity index (χ2v) is 5.29. The molecule has 1 amide bonds. The number of primary amides is 1. The molecule has 1 heterocycles. The highest BCUT2D eigenvalue weighted by atomic mass is 16.1. The van der Waals surface area contributed by atoms with E-state index >= 15 is 0 Å².